The maximum Gasteiger partial charge on any atom is 0.272 e. The van der Waals surface area contributed by atoms with Crippen LogP contribution in [0.15, 0.2) is 47.3 Å². The summed E-state index contributed by atoms with van der Waals surface area (Å²) >= 11 is 0. The van der Waals surface area contributed by atoms with Crippen LogP contribution >= 0.6 is 0 Å². The van der Waals surface area contributed by atoms with Crippen molar-refractivity contribution in [1.29, 1.82) is 0 Å². The summed E-state index contributed by atoms with van der Waals surface area (Å²) in [6.45, 7) is 0.271. The van der Waals surface area contributed by atoms with Crippen molar-refractivity contribution in [2.75, 3.05) is 6.54 Å². The Kier molecular flexibility index (Phi) is 6.87. The lowest BCUT2D eigenvalue weighted by Gasteiger charge is -2.09. The average Bonchev–Trinajstić information content (AvgIpc) is 2.76. The molecule has 30 heavy (non-hydrogen) atoms. The predicted molar refractivity (Wildman–Crippen MR) is 108 cm³/mol. The van der Waals surface area contributed by atoms with Gasteiger partial charge in [-0.05, 0) is 36.6 Å². The first-order valence-electron chi connectivity index (χ1n) is 9.45. The lowest BCUT2D eigenvalue weighted by atomic mass is 10.0. The van der Waals surface area contributed by atoms with Gasteiger partial charge in [0.2, 0.25) is 5.91 Å². The summed E-state index contributed by atoms with van der Waals surface area (Å²) < 4.78 is 14.2. The summed E-state index contributed by atoms with van der Waals surface area (Å²) in [4.78, 5) is 35.2. The second kappa shape index (κ2) is 9.75. The van der Waals surface area contributed by atoms with Crippen LogP contribution in [0.3, 0.4) is 0 Å². The van der Waals surface area contributed by atoms with Crippen LogP contribution in [0, 0.1) is 5.82 Å². The third-order valence-electron chi connectivity index (χ3n) is 4.66. The number of halogens is 1. The fraction of sp³-hybridized carbons (Fsp3) is 0.238. The van der Waals surface area contributed by atoms with E-state index in [4.69, 9.17) is 5.21 Å². The molecule has 3 rings (SSSR count). The van der Waals surface area contributed by atoms with Crippen LogP contribution in [0.25, 0.3) is 10.8 Å². The van der Waals surface area contributed by atoms with Crippen molar-refractivity contribution in [3.05, 3.63) is 75.5 Å². The molecule has 2 aromatic carbocycles. The van der Waals surface area contributed by atoms with E-state index < -0.39 is 17.6 Å². The lowest BCUT2D eigenvalue weighted by molar-refractivity contribution is -0.129. The molecule has 0 aliphatic rings. The number of nitrogens with zero attached hydrogens (tertiary/aromatic N) is 1. The number of unbranched alkanes of at least 4 members (excludes halogenated alkanes) is 1. The van der Waals surface area contributed by atoms with Crippen LogP contribution in [0.5, 0.6) is 0 Å². The fourth-order valence-electron chi connectivity index (χ4n) is 3.12. The van der Waals surface area contributed by atoms with E-state index in [0.717, 1.165) is 0 Å². The number of hydrogen-bond acceptors (Lipinski definition) is 5. The Balaban J connectivity index is 1.70. The van der Waals surface area contributed by atoms with E-state index >= 15 is 0 Å². The number of hydrogen-bond donors (Lipinski definition) is 4. The van der Waals surface area contributed by atoms with Gasteiger partial charge < -0.3 is 5.32 Å². The molecule has 0 aliphatic carbocycles. The zero-order valence-electron chi connectivity index (χ0n) is 16.1. The van der Waals surface area contributed by atoms with Gasteiger partial charge in [0, 0.05) is 24.8 Å². The molecule has 9 heteroatoms. The number of aromatic nitrogens is 2. The van der Waals surface area contributed by atoms with Crippen molar-refractivity contribution < 1.29 is 19.2 Å². The first-order chi connectivity index (χ1) is 14.5. The SMILES string of the molecule is O=C(CCCCNC(=O)c1cc(Cc2n[nH]c(=O)c3ccccc23)ccc1F)NO. The molecule has 1 heterocycles. The van der Waals surface area contributed by atoms with Gasteiger partial charge in [0.1, 0.15) is 5.82 Å². The first-order valence-corrected chi connectivity index (χ1v) is 9.45. The Morgan fingerprint density at radius 1 is 1.10 bits per heavy atom. The van der Waals surface area contributed by atoms with Gasteiger partial charge in [-0.2, -0.15) is 5.10 Å². The number of fused-ring (bicyclic) bond motifs is 1. The predicted octanol–water partition coefficient (Wildman–Crippen LogP) is 2.06. The van der Waals surface area contributed by atoms with E-state index in [-0.39, 0.29) is 24.1 Å². The molecule has 156 valence electrons. The molecule has 0 saturated carbocycles. The molecule has 0 unspecified atom stereocenters. The number of hydroxylamine groups is 1. The normalized spacial score (nSPS) is 10.7. The highest BCUT2D eigenvalue weighted by Crippen LogP contribution is 2.18. The molecule has 0 bridgehead atoms. The summed E-state index contributed by atoms with van der Waals surface area (Å²) in [6, 6.07) is 11.3. The van der Waals surface area contributed by atoms with E-state index in [1.165, 1.54) is 17.6 Å². The topological polar surface area (TPSA) is 124 Å². The van der Waals surface area contributed by atoms with Crippen molar-refractivity contribution in [2.45, 2.75) is 25.7 Å². The van der Waals surface area contributed by atoms with Crippen molar-refractivity contribution in [3.63, 3.8) is 0 Å². The molecular weight excluding hydrogens is 391 g/mol. The van der Waals surface area contributed by atoms with E-state index in [0.29, 0.717) is 41.3 Å². The van der Waals surface area contributed by atoms with Gasteiger partial charge in [0.15, 0.2) is 0 Å². The second-order valence-corrected chi connectivity index (χ2v) is 6.78. The highest BCUT2D eigenvalue weighted by Gasteiger charge is 2.14. The monoisotopic (exact) mass is 412 g/mol. The maximum absolute atomic E-state index is 14.2. The molecule has 0 radical (unpaired) electrons. The van der Waals surface area contributed by atoms with Gasteiger partial charge >= 0.3 is 0 Å². The fourth-order valence-corrected chi connectivity index (χ4v) is 3.12. The molecular formula is C21H21FN4O4. The van der Waals surface area contributed by atoms with Gasteiger partial charge in [-0.1, -0.05) is 24.3 Å². The molecule has 0 atom stereocenters. The number of carbonyl (C=O) groups is 2. The second-order valence-electron chi connectivity index (χ2n) is 6.78. The first kappa shape index (κ1) is 21.1. The number of aromatic amines is 1. The molecule has 8 nitrogen and oxygen atoms in total. The zero-order valence-corrected chi connectivity index (χ0v) is 16.1. The Labute approximate surface area is 171 Å². The number of H-pyrrole nitrogens is 1. The molecule has 4 N–H and O–H groups in total. The number of rotatable bonds is 8. The highest BCUT2D eigenvalue weighted by molar-refractivity contribution is 5.94. The summed E-state index contributed by atoms with van der Waals surface area (Å²) in [5, 5.41) is 18.8. The number of carbonyl (C=O) groups excluding carboxylic acids is 2. The minimum atomic E-state index is -0.643. The average molecular weight is 412 g/mol. The quantitative estimate of drug-likeness (QED) is 0.256. The van der Waals surface area contributed by atoms with Crippen molar-refractivity contribution in [3.8, 4) is 0 Å². The largest absolute Gasteiger partial charge is 0.352 e. The third-order valence-corrected chi connectivity index (χ3v) is 4.66. The van der Waals surface area contributed by atoms with E-state index in [1.807, 2.05) is 0 Å². The van der Waals surface area contributed by atoms with Gasteiger partial charge in [0.05, 0.1) is 16.6 Å². The summed E-state index contributed by atoms with van der Waals surface area (Å²) in [6.07, 6.45) is 1.43. The van der Waals surface area contributed by atoms with Crippen LogP contribution in [-0.4, -0.2) is 33.8 Å². The molecule has 0 saturated heterocycles. The van der Waals surface area contributed by atoms with Crippen molar-refractivity contribution >= 4 is 22.6 Å². The van der Waals surface area contributed by atoms with Gasteiger partial charge in [-0.3, -0.25) is 19.6 Å². The van der Waals surface area contributed by atoms with Crippen LogP contribution in [0.2, 0.25) is 0 Å². The number of amides is 2. The molecule has 0 spiro atoms. The molecule has 0 fully saturated rings. The zero-order chi connectivity index (χ0) is 21.5. The Hall–Kier alpha value is -3.59. The van der Waals surface area contributed by atoms with E-state index in [2.05, 4.69) is 15.5 Å². The Morgan fingerprint density at radius 3 is 2.63 bits per heavy atom. The minimum Gasteiger partial charge on any atom is -0.352 e. The highest BCUT2D eigenvalue weighted by atomic mass is 19.1. The van der Waals surface area contributed by atoms with Gasteiger partial charge in [-0.15, -0.1) is 0 Å². The molecule has 2 amide bonds. The number of nitrogens with one attached hydrogen (secondary N) is 3. The summed E-state index contributed by atoms with van der Waals surface area (Å²) in [5.41, 5.74) is 2.45. The minimum absolute atomic E-state index is 0.0886. The molecule has 0 aliphatic heterocycles. The van der Waals surface area contributed by atoms with Crippen LogP contribution < -0.4 is 16.4 Å². The van der Waals surface area contributed by atoms with Crippen molar-refractivity contribution in [1.82, 2.24) is 21.0 Å². The van der Waals surface area contributed by atoms with Gasteiger partial charge in [-0.25, -0.2) is 15.0 Å². The molecule has 1 aromatic heterocycles. The van der Waals surface area contributed by atoms with Crippen molar-refractivity contribution in [2.24, 2.45) is 0 Å². The van der Waals surface area contributed by atoms with E-state index in [1.54, 1.807) is 30.3 Å². The Morgan fingerprint density at radius 2 is 1.87 bits per heavy atom. The van der Waals surface area contributed by atoms with Gasteiger partial charge in [0.25, 0.3) is 11.5 Å². The smallest absolute Gasteiger partial charge is 0.272 e. The summed E-state index contributed by atoms with van der Waals surface area (Å²) in [7, 11) is 0. The third kappa shape index (κ3) is 5.06. The lowest BCUT2D eigenvalue weighted by Crippen LogP contribution is -2.26. The standard InChI is InChI=1S/C21H21FN4O4/c22-17-9-8-13(11-16(17)20(28)23-10-4-3-7-19(27)26-30)12-18-14-5-1-2-6-15(14)21(29)25-24-18/h1-2,5-6,8-9,11,30H,3-4,7,10,12H2,(H,23,28)(H,25,29)(H,26,27). The van der Waals surface area contributed by atoms with Crippen LogP contribution in [-0.2, 0) is 11.2 Å². The van der Waals surface area contributed by atoms with Crippen LogP contribution in [0.1, 0.15) is 40.9 Å². The number of benzene rings is 2. The summed E-state index contributed by atoms with van der Waals surface area (Å²) in [5.74, 6) is -1.70. The molecule has 3 aromatic rings. The maximum atomic E-state index is 14.2. The Bertz CT molecular complexity index is 1130. The van der Waals surface area contributed by atoms with Crippen LogP contribution in [0.4, 0.5) is 4.39 Å². The van der Waals surface area contributed by atoms with E-state index in [9.17, 15) is 18.8 Å².